The Morgan fingerprint density at radius 3 is 2.85 bits per heavy atom. The highest BCUT2D eigenvalue weighted by Crippen LogP contribution is 2.52. The lowest BCUT2D eigenvalue weighted by atomic mass is 10.1. The number of carbonyl (C=O) groups is 1. The highest BCUT2D eigenvalue weighted by atomic mass is 32.2. The molecule has 1 aliphatic carbocycles. The number of rotatable bonds is 3. The SMILES string of the molecule is COC(=O)c1sc(N2CCCSCC2)c(C2CC2)c1N. The summed E-state index contributed by atoms with van der Waals surface area (Å²) in [4.78, 5) is 14.9. The van der Waals surface area contributed by atoms with E-state index in [4.69, 9.17) is 10.5 Å². The van der Waals surface area contributed by atoms with Gasteiger partial charge in [0.15, 0.2) is 0 Å². The predicted octanol–water partition coefficient (Wildman–Crippen LogP) is 2.94. The summed E-state index contributed by atoms with van der Waals surface area (Å²) in [5, 5.41) is 1.22. The summed E-state index contributed by atoms with van der Waals surface area (Å²) in [6.45, 7) is 2.11. The zero-order valence-electron chi connectivity index (χ0n) is 11.7. The van der Waals surface area contributed by atoms with Crippen molar-refractivity contribution in [2.75, 3.05) is 42.3 Å². The zero-order chi connectivity index (χ0) is 14.1. The van der Waals surface area contributed by atoms with Crippen LogP contribution < -0.4 is 10.6 Å². The molecule has 20 heavy (non-hydrogen) atoms. The van der Waals surface area contributed by atoms with E-state index < -0.39 is 0 Å². The number of anilines is 2. The first-order valence-corrected chi connectivity index (χ1v) is 9.02. The smallest absolute Gasteiger partial charge is 0.350 e. The van der Waals surface area contributed by atoms with Gasteiger partial charge in [-0.25, -0.2) is 4.79 Å². The van der Waals surface area contributed by atoms with E-state index >= 15 is 0 Å². The lowest BCUT2D eigenvalue weighted by Crippen LogP contribution is -2.25. The molecule has 2 fully saturated rings. The second-order valence-corrected chi connectivity index (χ2v) is 7.51. The Kier molecular flexibility index (Phi) is 4.12. The van der Waals surface area contributed by atoms with Crippen molar-refractivity contribution in [2.45, 2.75) is 25.2 Å². The van der Waals surface area contributed by atoms with Gasteiger partial charge < -0.3 is 15.4 Å². The van der Waals surface area contributed by atoms with E-state index in [1.54, 1.807) is 0 Å². The van der Waals surface area contributed by atoms with Gasteiger partial charge >= 0.3 is 5.97 Å². The van der Waals surface area contributed by atoms with Gasteiger partial charge in [-0.15, -0.1) is 11.3 Å². The third-order valence-electron chi connectivity index (χ3n) is 3.83. The third kappa shape index (κ3) is 2.63. The molecule has 0 bridgehead atoms. The lowest BCUT2D eigenvalue weighted by molar-refractivity contribution is 0.0607. The Bertz CT molecular complexity index is 504. The quantitative estimate of drug-likeness (QED) is 0.870. The molecule has 2 heterocycles. The topological polar surface area (TPSA) is 55.6 Å². The number of thioether (sulfide) groups is 1. The summed E-state index contributed by atoms with van der Waals surface area (Å²) in [6.07, 6.45) is 3.58. The molecular weight excluding hydrogens is 292 g/mol. The van der Waals surface area contributed by atoms with Gasteiger partial charge in [0.1, 0.15) is 4.88 Å². The fraction of sp³-hybridized carbons (Fsp3) is 0.643. The number of nitrogens with two attached hydrogens (primary N) is 1. The van der Waals surface area contributed by atoms with Crippen LogP contribution in [0.3, 0.4) is 0 Å². The number of carbonyl (C=O) groups excluding carboxylic acids is 1. The maximum Gasteiger partial charge on any atom is 0.350 e. The first-order valence-electron chi connectivity index (χ1n) is 7.05. The molecule has 0 aromatic carbocycles. The monoisotopic (exact) mass is 312 g/mol. The molecule has 0 unspecified atom stereocenters. The number of esters is 1. The van der Waals surface area contributed by atoms with Crippen LogP contribution in [-0.2, 0) is 4.74 Å². The average Bonchev–Trinajstić information content (AvgIpc) is 3.26. The fourth-order valence-electron chi connectivity index (χ4n) is 2.64. The van der Waals surface area contributed by atoms with Gasteiger partial charge in [-0.3, -0.25) is 0 Å². The van der Waals surface area contributed by atoms with Crippen LogP contribution in [0.25, 0.3) is 0 Å². The molecule has 6 heteroatoms. The molecule has 0 atom stereocenters. The zero-order valence-corrected chi connectivity index (χ0v) is 13.3. The molecule has 1 aromatic rings. The summed E-state index contributed by atoms with van der Waals surface area (Å²) in [7, 11) is 1.42. The number of hydrogen-bond donors (Lipinski definition) is 1. The lowest BCUT2D eigenvalue weighted by Gasteiger charge is -2.22. The van der Waals surface area contributed by atoms with Crippen LogP contribution in [0.2, 0.25) is 0 Å². The van der Waals surface area contributed by atoms with Crippen molar-refractivity contribution in [3.63, 3.8) is 0 Å². The molecule has 0 amide bonds. The first kappa shape index (κ1) is 14.1. The van der Waals surface area contributed by atoms with Crippen molar-refractivity contribution < 1.29 is 9.53 Å². The maximum atomic E-state index is 11.9. The summed E-state index contributed by atoms with van der Waals surface area (Å²) in [5.74, 6) is 2.62. The molecule has 1 aromatic heterocycles. The summed E-state index contributed by atoms with van der Waals surface area (Å²) < 4.78 is 4.87. The molecule has 1 saturated carbocycles. The van der Waals surface area contributed by atoms with Gasteiger partial charge in [-0.2, -0.15) is 11.8 Å². The number of nitrogens with zero attached hydrogens (tertiary/aromatic N) is 1. The Morgan fingerprint density at radius 2 is 2.15 bits per heavy atom. The molecule has 1 saturated heterocycles. The molecule has 4 nitrogen and oxygen atoms in total. The van der Waals surface area contributed by atoms with Crippen molar-refractivity contribution in [3.05, 3.63) is 10.4 Å². The van der Waals surface area contributed by atoms with E-state index in [0.717, 1.165) is 18.8 Å². The van der Waals surface area contributed by atoms with Crippen LogP contribution in [0.4, 0.5) is 10.7 Å². The molecule has 1 aliphatic heterocycles. The van der Waals surface area contributed by atoms with Gasteiger partial charge in [0.05, 0.1) is 17.8 Å². The molecule has 3 rings (SSSR count). The fourth-order valence-corrected chi connectivity index (χ4v) is 4.80. The highest BCUT2D eigenvalue weighted by molar-refractivity contribution is 7.99. The molecule has 0 spiro atoms. The Hall–Kier alpha value is -0.880. The number of ether oxygens (including phenoxy) is 1. The van der Waals surface area contributed by atoms with Gasteiger partial charge in [-0.05, 0) is 30.9 Å². The second-order valence-electron chi connectivity index (χ2n) is 5.28. The second kappa shape index (κ2) is 5.85. The third-order valence-corrected chi connectivity index (χ3v) is 6.14. The van der Waals surface area contributed by atoms with E-state index in [1.807, 2.05) is 11.8 Å². The van der Waals surface area contributed by atoms with E-state index in [0.29, 0.717) is 16.5 Å². The van der Waals surface area contributed by atoms with Gasteiger partial charge in [-0.1, -0.05) is 0 Å². The molecule has 0 radical (unpaired) electrons. The van der Waals surface area contributed by atoms with Crippen molar-refractivity contribution in [1.82, 2.24) is 0 Å². The van der Waals surface area contributed by atoms with Gasteiger partial charge in [0.2, 0.25) is 0 Å². The summed E-state index contributed by atoms with van der Waals surface area (Å²) in [6, 6.07) is 0. The Morgan fingerprint density at radius 1 is 1.35 bits per heavy atom. The molecule has 2 N–H and O–H groups in total. The number of nitrogen functional groups attached to an aromatic ring is 1. The summed E-state index contributed by atoms with van der Waals surface area (Å²) >= 11 is 3.53. The largest absolute Gasteiger partial charge is 0.465 e. The van der Waals surface area contributed by atoms with Crippen LogP contribution in [0.1, 0.15) is 40.4 Å². The van der Waals surface area contributed by atoms with E-state index in [2.05, 4.69) is 4.90 Å². The predicted molar refractivity (Wildman–Crippen MR) is 86.2 cm³/mol. The van der Waals surface area contributed by atoms with E-state index in [-0.39, 0.29) is 5.97 Å². The number of thiophene rings is 1. The van der Waals surface area contributed by atoms with E-state index in [9.17, 15) is 4.79 Å². The van der Waals surface area contributed by atoms with Crippen LogP contribution in [0.15, 0.2) is 0 Å². The van der Waals surface area contributed by atoms with Gasteiger partial charge in [0, 0.05) is 24.4 Å². The molecule has 2 aliphatic rings. The van der Waals surface area contributed by atoms with Crippen LogP contribution in [0, 0.1) is 0 Å². The van der Waals surface area contributed by atoms with Crippen LogP contribution in [0.5, 0.6) is 0 Å². The highest BCUT2D eigenvalue weighted by Gasteiger charge is 2.34. The van der Waals surface area contributed by atoms with Crippen molar-refractivity contribution in [1.29, 1.82) is 0 Å². The first-order chi connectivity index (χ1) is 9.72. The minimum Gasteiger partial charge on any atom is -0.465 e. The number of hydrogen-bond acceptors (Lipinski definition) is 6. The van der Waals surface area contributed by atoms with E-state index in [1.165, 1.54) is 54.0 Å². The van der Waals surface area contributed by atoms with Gasteiger partial charge in [0.25, 0.3) is 0 Å². The average molecular weight is 312 g/mol. The summed E-state index contributed by atoms with van der Waals surface area (Å²) in [5.41, 5.74) is 8.12. The molecular formula is C14H20N2O2S2. The van der Waals surface area contributed by atoms with Crippen LogP contribution in [-0.4, -0.2) is 37.7 Å². The molecule has 110 valence electrons. The minimum absolute atomic E-state index is 0.301. The number of methoxy groups -OCH3 is 1. The van der Waals surface area contributed by atoms with Crippen molar-refractivity contribution in [3.8, 4) is 0 Å². The maximum absolute atomic E-state index is 11.9. The standard InChI is InChI=1S/C14H20N2O2S2/c1-18-14(17)12-11(15)10(9-3-4-9)13(20-12)16-5-2-7-19-8-6-16/h9H,2-8,15H2,1H3. The Labute approximate surface area is 127 Å². The van der Waals surface area contributed by atoms with Crippen LogP contribution >= 0.6 is 23.1 Å². The Balaban J connectivity index is 1.97. The normalized spacial score (nSPS) is 19.8. The van der Waals surface area contributed by atoms with Crippen molar-refractivity contribution in [2.24, 2.45) is 0 Å². The van der Waals surface area contributed by atoms with Crippen molar-refractivity contribution >= 4 is 39.8 Å². The minimum atomic E-state index is -0.301.